The minimum absolute atomic E-state index is 0.456. The lowest BCUT2D eigenvalue weighted by Crippen LogP contribution is -2.23. The second kappa shape index (κ2) is 2.89. The van der Waals surface area contributed by atoms with E-state index >= 15 is 0 Å². The molecule has 0 aromatic heterocycles. The molecule has 0 atom stereocenters. The lowest BCUT2D eigenvalue weighted by molar-refractivity contribution is 0.202. The van der Waals surface area contributed by atoms with Crippen molar-refractivity contribution in [1.82, 2.24) is 5.32 Å². The molecule has 1 aliphatic carbocycles. The normalized spacial score (nSPS) is 25.6. The van der Waals surface area contributed by atoms with E-state index in [-0.39, 0.29) is 0 Å². The fourth-order valence-electron chi connectivity index (χ4n) is 2.26. The lowest BCUT2D eigenvalue weighted by Gasteiger charge is -2.25. The third-order valence-corrected chi connectivity index (χ3v) is 3.05. The van der Waals surface area contributed by atoms with Crippen molar-refractivity contribution in [3.63, 3.8) is 0 Å². The van der Waals surface area contributed by atoms with Crippen LogP contribution in [0.5, 0.6) is 0 Å². The third-order valence-electron chi connectivity index (χ3n) is 3.05. The van der Waals surface area contributed by atoms with E-state index in [0.29, 0.717) is 19.0 Å². The molecular weight excluding hydrogens is 178 g/mol. The Kier molecular flexibility index (Phi) is 1.67. The zero-order chi connectivity index (χ0) is 9.54. The second-order valence-electron chi connectivity index (χ2n) is 3.96. The Balaban J connectivity index is 1.94. The van der Waals surface area contributed by atoms with Crippen LogP contribution in [0.1, 0.15) is 19.3 Å². The van der Waals surface area contributed by atoms with Crippen molar-refractivity contribution >= 4 is 0 Å². The first-order valence-electron chi connectivity index (χ1n) is 5.02. The number of nitrogens with one attached hydrogen (secondary N) is 1. The van der Waals surface area contributed by atoms with Gasteiger partial charge in [0.05, 0.1) is 13.2 Å². The predicted octanol–water partition coefficient (Wildman–Crippen LogP) is 1.75. The van der Waals surface area contributed by atoms with Gasteiger partial charge in [0.2, 0.25) is 0 Å². The van der Waals surface area contributed by atoms with Crippen LogP contribution < -0.4 is 5.32 Å². The quantitative estimate of drug-likeness (QED) is 0.613. The Hall–Kier alpha value is -1.22. The molecule has 0 aromatic rings. The molecule has 0 spiro atoms. The molecule has 0 amide bonds. The summed E-state index contributed by atoms with van der Waals surface area (Å²) >= 11 is 0. The highest BCUT2D eigenvalue weighted by Gasteiger charge is 2.26. The van der Waals surface area contributed by atoms with E-state index in [2.05, 4.69) is 5.32 Å². The standard InChI is InChI=1S/C11H13NO2/c13-11-3-1-2-9-8(11)4-7-5-14-6-10(7)12-9/h3,12-13H,1-2,4-6H2. The number of dihydropyridines is 1. The largest absolute Gasteiger partial charge is 0.508 e. The van der Waals surface area contributed by atoms with E-state index < -0.39 is 0 Å². The molecule has 0 radical (unpaired) electrons. The van der Waals surface area contributed by atoms with Crippen molar-refractivity contribution in [2.75, 3.05) is 13.2 Å². The van der Waals surface area contributed by atoms with Crippen LogP contribution >= 0.6 is 0 Å². The fourth-order valence-corrected chi connectivity index (χ4v) is 2.26. The van der Waals surface area contributed by atoms with E-state index in [0.717, 1.165) is 24.8 Å². The summed E-state index contributed by atoms with van der Waals surface area (Å²) < 4.78 is 5.37. The molecule has 14 heavy (non-hydrogen) atoms. The molecule has 2 N–H and O–H groups in total. The Labute approximate surface area is 82.8 Å². The molecule has 3 heteroatoms. The number of aliphatic hydroxyl groups excluding tert-OH is 1. The van der Waals surface area contributed by atoms with Gasteiger partial charge < -0.3 is 15.2 Å². The highest BCUT2D eigenvalue weighted by Crippen LogP contribution is 2.34. The summed E-state index contributed by atoms with van der Waals surface area (Å²) in [6, 6.07) is 0. The number of allylic oxidation sites excluding steroid dienone is 3. The molecule has 0 fully saturated rings. The first-order valence-corrected chi connectivity index (χ1v) is 5.02. The molecule has 3 nitrogen and oxygen atoms in total. The maximum atomic E-state index is 9.72. The molecule has 0 unspecified atom stereocenters. The van der Waals surface area contributed by atoms with Gasteiger partial charge in [-0.25, -0.2) is 0 Å². The second-order valence-corrected chi connectivity index (χ2v) is 3.96. The Morgan fingerprint density at radius 1 is 1.29 bits per heavy atom. The smallest absolute Gasteiger partial charge is 0.116 e. The number of rotatable bonds is 0. The highest BCUT2D eigenvalue weighted by atomic mass is 16.5. The zero-order valence-corrected chi connectivity index (χ0v) is 7.97. The molecule has 0 bridgehead atoms. The molecule has 2 aliphatic heterocycles. The van der Waals surface area contributed by atoms with Gasteiger partial charge in [-0.2, -0.15) is 0 Å². The average Bonchev–Trinajstić information content (AvgIpc) is 2.62. The van der Waals surface area contributed by atoms with E-state index in [1.54, 1.807) is 0 Å². The minimum atomic E-state index is 0.456. The third kappa shape index (κ3) is 1.09. The van der Waals surface area contributed by atoms with Crippen LogP contribution in [0.25, 0.3) is 0 Å². The number of hydrogen-bond donors (Lipinski definition) is 2. The van der Waals surface area contributed by atoms with Crippen molar-refractivity contribution in [2.24, 2.45) is 0 Å². The van der Waals surface area contributed by atoms with Crippen LogP contribution in [-0.4, -0.2) is 18.3 Å². The molecule has 0 saturated carbocycles. The Bertz CT molecular complexity index is 377. The lowest BCUT2D eigenvalue weighted by atomic mass is 9.92. The van der Waals surface area contributed by atoms with Crippen LogP contribution in [0.2, 0.25) is 0 Å². The average molecular weight is 191 g/mol. The van der Waals surface area contributed by atoms with Gasteiger partial charge in [-0.3, -0.25) is 0 Å². The van der Waals surface area contributed by atoms with Gasteiger partial charge in [-0.1, -0.05) is 0 Å². The molecule has 0 aromatic carbocycles. The van der Waals surface area contributed by atoms with Crippen LogP contribution in [0, 0.1) is 0 Å². The zero-order valence-electron chi connectivity index (χ0n) is 7.97. The maximum absolute atomic E-state index is 9.72. The number of ether oxygens (including phenoxy) is 1. The van der Waals surface area contributed by atoms with Gasteiger partial charge in [0.25, 0.3) is 0 Å². The van der Waals surface area contributed by atoms with Crippen molar-refractivity contribution in [2.45, 2.75) is 19.3 Å². The summed E-state index contributed by atoms with van der Waals surface area (Å²) in [5, 5.41) is 13.1. The Morgan fingerprint density at radius 3 is 3.14 bits per heavy atom. The summed E-state index contributed by atoms with van der Waals surface area (Å²) in [4.78, 5) is 0. The predicted molar refractivity (Wildman–Crippen MR) is 52.6 cm³/mol. The SMILES string of the molecule is OC1=CCCC2=C1CC1=C(COC1)N2. The molecule has 3 rings (SSSR count). The van der Waals surface area contributed by atoms with E-state index in [1.165, 1.54) is 17.0 Å². The van der Waals surface area contributed by atoms with Gasteiger partial charge >= 0.3 is 0 Å². The molecular formula is C11H13NO2. The fraction of sp³-hybridized carbons (Fsp3) is 0.455. The van der Waals surface area contributed by atoms with Gasteiger partial charge in [0, 0.05) is 23.4 Å². The van der Waals surface area contributed by atoms with E-state index in [4.69, 9.17) is 4.74 Å². The van der Waals surface area contributed by atoms with E-state index in [1.807, 2.05) is 6.08 Å². The van der Waals surface area contributed by atoms with Gasteiger partial charge in [-0.05, 0) is 24.5 Å². The van der Waals surface area contributed by atoms with Crippen LogP contribution in [0.4, 0.5) is 0 Å². The first kappa shape index (κ1) is 8.12. The summed E-state index contributed by atoms with van der Waals surface area (Å²) in [6.45, 7) is 1.42. The van der Waals surface area contributed by atoms with Crippen molar-refractivity contribution < 1.29 is 9.84 Å². The van der Waals surface area contributed by atoms with Crippen LogP contribution in [0.15, 0.2) is 34.4 Å². The van der Waals surface area contributed by atoms with Crippen molar-refractivity contribution in [1.29, 1.82) is 0 Å². The molecule has 74 valence electrons. The number of aliphatic hydroxyl groups is 1. The summed E-state index contributed by atoms with van der Waals surface area (Å²) in [6.07, 6.45) is 4.71. The molecule has 3 aliphatic rings. The molecule has 0 saturated heterocycles. The van der Waals surface area contributed by atoms with Gasteiger partial charge in [-0.15, -0.1) is 0 Å². The van der Waals surface area contributed by atoms with E-state index in [9.17, 15) is 5.11 Å². The number of hydrogen-bond acceptors (Lipinski definition) is 3. The summed E-state index contributed by atoms with van der Waals surface area (Å²) in [5.74, 6) is 0.456. The summed E-state index contributed by atoms with van der Waals surface area (Å²) in [5.41, 5.74) is 4.78. The van der Waals surface area contributed by atoms with Crippen LogP contribution in [-0.2, 0) is 4.74 Å². The van der Waals surface area contributed by atoms with Crippen LogP contribution in [0.3, 0.4) is 0 Å². The van der Waals surface area contributed by atoms with Gasteiger partial charge in [0.1, 0.15) is 5.76 Å². The maximum Gasteiger partial charge on any atom is 0.116 e. The topological polar surface area (TPSA) is 41.5 Å². The van der Waals surface area contributed by atoms with Gasteiger partial charge in [0.15, 0.2) is 0 Å². The Morgan fingerprint density at radius 2 is 2.21 bits per heavy atom. The first-order chi connectivity index (χ1) is 6.84. The minimum Gasteiger partial charge on any atom is -0.508 e. The summed E-state index contributed by atoms with van der Waals surface area (Å²) in [7, 11) is 0. The van der Waals surface area contributed by atoms with Crippen molar-refractivity contribution in [3.8, 4) is 0 Å². The highest BCUT2D eigenvalue weighted by molar-refractivity contribution is 5.43. The monoisotopic (exact) mass is 191 g/mol. The molecule has 2 heterocycles. The van der Waals surface area contributed by atoms with Crippen molar-refractivity contribution in [3.05, 3.63) is 34.4 Å².